The van der Waals surface area contributed by atoms with Gasteiger partial charge in [-0.05, 0) is 18.1 Å². The van der Waals surface area contributed by atoms with Crippen molar-refractivity contribution in [2.45, 2.75) is 32.9 Å². The van der Waals surface area contributed by atoms with Gasteiger partial charge in [0.15, 0.2) is 6.61 Å². The average Bonchev–Trinajstić information content (AvgIpc) is 2.76. The number of carbonyl (C=O) groups is 3. The first-order valence-electron chi connectivity index (χ1n) is 9.99. The third-order valence-corrected chi connectivity index (χ3v) is 5.16. The smallest absolute Gasteiger partial charge is 0.338 e. The van der Waals surface area contributed by atoms with Gasteiger partial charge in [0, 0.05) is 5.56 Å². The zero-order valence-electron chi connectivity index (χ0n) is 17.4. The summed E-state index contributed by atoms with van der Waals surface area (Å²) in [6.45, 7) is 7.68. The van der Waals surface area contributed by atoms with Gasteiger partial charge in [-0.25, -0.2) is 9.59 Å². The van der Waals surface area contributed by atoms with Crippen LogP contribution in [0.2, 0.25) is 0 Å². The number of benzene rings is 1. The Balaban J connectivity index is 1.83. The van der Waals surface area contributed by atoms with Crippen molar-refractivity contribution in [3.63, 3.8) is 0 Å². The Kier molecular flexibility index (Phi) is 9.08. The molecule has 2 N–H and O–H groups in total. The van der Waals surface area contributed by atoms with E-state index in [0.717, 1.165) is 38.4 Å². The summed E-state index contributed by atoms with van der Waals surface area (Å²) in [7, 11) is 1.27. The third-order valence-electron chi connectivity index (χ3n) is 5.16. The number of carbonyl (C=O) groups excluding carboxylic acids is 3. The Labute approximate surface area is 171 Å². The normalized spacial score (nSPS) is 16.5. The molecule has 29 heavy (non-hydrogen) atoms. The molecule has 1 amide bonds. The van der Waals surface area contributed by atoms with Crippen LogP contribution in [-0.4, -0.2) is 63.9 Å². The highest BCUT2D eigenvalue weighted by molar-refractivity contribution is 5.92. The molecule has 1 saturated heterocycles. The molecule has 8 nitrogen and oxygen atoms in total. The van der Waals surface area contributed by atoms with E-state index >= 15 is 0 Å². The molecule has 0 spiro atoms. The lowest BCUT2D eigenvalue weighted by molar-refractivity contribution is -0.921. The molecule has 1 aromatic carbocycles. The Bertz CT molecular complexity index is 685. The van der Waals surface area contributed by atoms with Crippen LogP contribution in [0.4, 0.5) is 0 Å². The molecule has 160 valence electrons. The number of methoxy groups -OCH3 is 1. The zero-order valence-corrected chi connectivity index (χ0v) is 17.4. The molecule has 0 saturated carbocycles. The van der Waals surface area contributed by atoms with Crippen LogP contribution in [0.1, 0.15) is 36.2 Å². The molecule has 0 aromatic heterocycles. The summed E-state index contributed by atoms with van der Waals surface area (Å²) >= 11 is 0. The average molecular weight is 407 g/mol. The van der Waals surface area contributed by atoms with Gasteiger partial charge in [0.25, 0.3) is 5.91 Å². The first-order chi connectivity index (χ1) is 13.9. The summed E-state index contributed by atoms with van der Waals surface area (Å²) in [4.78, 5) is 37.6. The number of hydrogen-bond donors (Lipinski definition) is 2. The van der Waals surface area contributed by atoms with E-state index < -0.39 is 30.5 Å². The molecule has 1 aliphatic rings. The fraction of sp³-hybridized carbons (Fsp3) is 0.571. The summed E-state index contributed by atoms with van der Waals surface area (Å²) < 4.78 is 15.2. The first kappa shape index (κ1) is 22.8. The van der Waals surface area contributed by atoms with Crippen molar-refractivity contribution in [3.8, 4) is 0 Å². The quantitative estimate of drug-likeness (QED) is 0.558. The van der Waals surface area contributed by atoms with Gasteiger partial charge in [-0.15, -0.1) is 0 Å². The van der Waals surface area contributed by atoms with Crippen LogP contribution in [0.3, 0.4) is 0 Å². The van der Waals surface area contributed by atoms with Crippen molar-refractivity contribution in [1.82, 2.24) is 5.32 Å². The number of hydrogen-bond acceptors (Lipinski definition) is 6. The van der Waals surface area contributed by atoms with E-state index in [9.17, 15) is 14.4 Å². The fourth-order valence-corrected chi connectivity index (χ4v) is 3.11. The number of amides is 1. The number of esters is 2. The Morgan fingerprint density at radius 1 is 1.17 bits per heavy atom. The third kappa shape index (κ3) is 7.14. The zero-order chi connectivity index (χ0) is 21.2. The van der Waals surface area contributed by atoms with Crippen LogP contribution in [-0.2, 0) is 30.3 Å². The Morgan fingerprint density at radius 3 is 2.41 bits per heavy atom. The van der Waals surface area contributed by atoms with E-state index in [2.05, 4.69) is 5.32 Å². The number of quaternary nitrogens is 1. The van der Waals surface area contributed by atoms with Gasteiger partial charge in [0.05, 0.1) is 25.9 Å². The minimum absolute atomic E-state index is 0.0942. The molecule has 0 bridgehead atoms. The monoisotopic (exact) mass is 407 g/mol. The molecular formula is C21H31N2O6+. The van der Waals surface area contributed by atoms with Crippen molar-refractivity contribution in [2.75, 3.05) is 40.0 Å². The summed E-state index contributed by atoms with van der Waals surface area (Å²) in [6, 6.07) is 6.43. The van der Waals surface area contributed by atoms with Crippen molar-refractivity contribution < 1.29 is 33.5 Å². The highest BCUT2D eigenvalue weighted by Crippen LogP contribution is 2.09. The van der Waals surface area contributed by atoms with Crippen LogP contribution in [0, 0.1) is 5.92 Å². The van der Waals surface area contributed by atoms with E-state index in [1.807, 2.05) is 26.0 Å². The second kappa shape index (κ2) is 11.5. The van der Waals surface area contributed by atoms with Gasteiger partial charge < -0.3 is 24.4 Å². The molecular weight excluding hydrogens is 376 g/mol. The lowest BCUT2D eigenvalue weighted by Gasteiger charge is -2.23. The highest BCUT2D eigenvalue weighted by Gasteiger charge is 2.27. The maximum atomic E-state index is 12.2. The summed E-state index contributed by atoms with van der Waals surface area (Å²) in [6.07, 6.45) is 0.693. The van der Waals surface area contributed by atoms with Crippen LogP contribution < -0.4 is 10.2 Å². The van der Waals surface area contributed by atoms with Crippen LogP contribution in [0.15, 0.2) is 24.3 Å². The number of ether oxygens (including phenoxy) is 3. The lowest BCUT2D eigenvalue weighted by atomic mass is 9.99. The first-order valence-corrected chi connectivity index (χ1v) is 9.99. The Morgan fingerprint density at radius 2 is 1.83 bits per heavy atom. The predicted molar refractivity (Wildman–Crippen MR) is 105 cm³/mol. The van der Waals surface area contributed by atoms with Gasteiger partial charge in [-0.2, -0.15) is 0 Å². The minimum atomic E-state index is -0.766. The topological polar surface area (TPSA) is 95.4 Å². The van der Waals surface area contributed by atoms with Crippen LogP contribution >= 0.6 is 0 Å². The fourth-order valence-electron chi connectivity index (χ4n) is 3.11. The SMILES string of the molecule is CC[C@@H](C)[C@H](NC(=O)COC(=O)c1ccc(C[NH+]2CCOCC2)cc1)C(=O)OC. The van der Waals surface area contributed by atoms with Gasteiger partial charge in [-0.1, -0.05) is 32.4 Å². The summed E-state index contributed by atoms with van der Waals surface area (Å²) in [5.41, 5.74) is 1.51. The van der Waals surface area contributed by atoms with E-state index in [4.69, 9.17) is 14.2 Å². The molecule has 0 unspecified atom stereocenters. The maximum absolute atomic E-state index is 12.2. The van der Waals surface area contributed by atoms with Gasteiger partial charge in [0.2, 0.25) is 0 Å². The molecule has 1 aliphatic heterocycles. The van der Waals surface area contributed by atoms with Gasteiger partial charge in [-0.3, -0.25) is 4.79 Å². The molecule has 1 aromatic rings. The molecule has 0 aliphatic carbocycles. The Hall–Kier alpha value is -2.45. The van der Waals surface area contributed by atoms with Crippen molar-refractivity contribution in [1.29, 1.82) is 0 Å². The van der Waals surface area contributed by atoms with Crippen molar-refractivity contribution >= 4 is 17.8 Å². The molecule has 0 radical (unpaired) electrons. The highest BCUT2D eigenvalue weighted by atomic mass is 16.5. The lowest BCUT2D eigenvalue weighted by Crippen LogP contribution is -3.12. The van der Waals surface area contributed by atoms with Crippen molar-refractivity contribution in [2.24, 2.45) is 5.92 Å². The number of nitrogens with one attached hydrogen (secondary N) is 2. The van der Waals surface area contributed by atoms with E-state index in [1.165, 1.54) is 12.0 Å². The van der Waals surface area contributed by atoms with Crippen LogP contribution in [0.25, 0.3) is 0 Å². The van der Waals surface area contributed by atoms with Gasteiger partial charge >= 0.3 is 11.9 Å². The molecule has 1 fully saturated rings. The number of morpholine rings is 1. The van der Waals surface area contributed by atoms with Crippen molar-refractivity contribution in [3.05, 3.63) is 35.4 Å². The molecule has 8 heteroatoms. The van der Waals surface area contributed by atoms with E-state index in [1.54, 1.807) is 12.1 Å². The maximum Gasteiger partial charge on any atom is 0.338 e. The second-order valence-electron chi connectivity index (χ2n) is 7.27. The van der Waals surface area contributed by atoms with E-state index in [0.29, 0.717) is 12.0 Å². The predicted octanol–water partition coefficient (Wildman–Crippen LogP) is -0.0376. The van der Waals surface area contributed by atoms with Gasteiger partial charge in [0.1, 0.15) is 25.7 Å². The molecule has 1 heterocycles. The number of rotatable bonds is 9. The van der Waals surface area contributed by atoms with E-state index in [-0.39, 0.29) is 5.92 Å². The second-order valence-corrected chi connectivity index (χ2v) is 7.27. The largest absolute Gasteiger partial charge is 0.467 e. The standard InChI is InChI=1S/C21H30N2O6/c1-4-15(2)19(21(26)27-3)22-18(24)14-29-20(25)17-7-5-16(6-8-17)13-23-9-11-28-12-10-23/h5-8,15,19H,4,9-14H2,1-3H3,(H,22,24)/p+1/t15-,19+/m1/s1. The summed E-state index contributed by atoms with van der Waals surface area (Å²) in [5, 5.41) is 2.58. The van der Waals surface area contributed by atoms with Crippen LogP contribution in [0.5, 0.6) is 0 Å². The minimum Gasteiger partial charge on any atom is -0.467 e. The molecule has 2 rings (SSSR count). The molecule has 2 atom stereocenters. The summed E-state index contributed by atoms with van der Waals surface area (Å²) in [5.74, 6) is -1.73.